The van der Waals surface area contributed by atoms with Crippen LogP contribution in [0.2, 0.25) is 0 Å². The minimum atomic E-state index is -3.64. The third kappa shape index (κ3) is 7.28. The van der Waals surface area contributed by atoms with Crippen molar-refractivity contribution < 1.29 is 23.4 Å². The van der Waals surface area contributed by atoms with Gasteiger partial charge in [0.2, 0.25) is 0 Å². The van der Waals surface area contributed by atoms with Crippen molar-refractivity contribution in [2.75, 3.05) is 59.2 Å². The van der Waals surface area contributed by atoms with Crippen LogP contribution in [0.5, 0.6) is 0 Å². The molecule has 3 aromatic heterocycles. The lowest BCUT2D eigenvalue weighted by Gasteiger charge is -2.43. The Balaban J connectivity index is 1.18. The molecule has 6 rings (SSSR count). The lowest BCUT2D eigenvalue weighted by atomic mass is 10.2. The van der Waals surface area contributed by atoms with E-state index in [2.05, 4.69) is 30.2 Å². The van der Waals surface area contributed by atoms with E-state index in [4.69, 9.17) is 14.0 Å². The molecule has 5 atom stereocenters. The number of ether oxygens (including phenoxy) is 2. The van der Waals surface area contributed by atoms with Gasteiger partial charge in [0.05, 0.1) is 31.7 Å². The van der Waals surface area contributed by atoms with Gasteiger partial charge in [0, 0.05) is 37.0 Å². The maximum absolute atomic E-state index is 14.6. The average molecular weight is 697 g/mol. The zero-order valence-electron chi connectivity index (χ0n) is 28.1. The molecule has 49 heavy (non-hydrogen) atoms. The summed E-state index contributed by atoms with van der Waals surface area (Å²) in [7, 11) is 1.68. The van der Waals surface area contributed by atoms with Crippen molar-refractivity contribution in [3.63, 3.8) is 0 Å². The molecule has 5 heterocycles. The van der Waals surface area contributed by atoms with Gasteiger partial charge in [-0.1, -0.05) is 25.1 Å². The van der Waals surface area contributed by atoms with Crippen molar-refractivity contribution >= 4 is 30.6 Å². The molecule has 0 saturated carbocycles. The van der Waals surface area contributed by atoms with Crippen molar-refractivity contribution in [3.05, 3.63) is 81.1 Å². The van der Waals surface area contributed by atoms with Crippen molar-refractivity contribution in [2.45, 2.75) is 44.9 Å². The molecule has 0 aliphatic carbocycles. The smallest absolute Gasteiger partial charge is 0.345 e. The molecular formula is C31H41N10O7P. The van der Waals surface area contributed by atoms with Gasteiger partial charge in [-0.05, 0) is 46.6 Å². The number of morpholine rings is 2. The van der Waals surface area contributed by atoms with Crippen LogP contribution in [0.4, 0.5) is 5.82 Å². The molecule has 3 unspecified atom stereocenters. The summed E-state index contributed by atoms with van der Waals surface area (Å²) >= 11 is 0. The van der Waals surface area contributed by atoms with Gasteiger partial charge in [-0.3, -0.25) is 33.2 Å². The topological polar surface area (TPSA) is 182 Å². The van der Waals surface area contributed by atoms with Gasteiger partial charge >= 0.3 is 13.4 Å². The Labute approximate surface area is 282 Å². The monoisotopic (exact) mass is 696 g/mol. The highest BCUT2D eigenvalue weighted by molar-refractivity contribution is 7.53. The predicted octanol–water partition coefficient (Wildman–Crippen LogP) is 2.06. The van der Waals surface area contributed by atoms with Crippen LogP contribution in [0.3, 0.4) is 0 Å². The highest BCUT2D eigenvalue weighted by Crippen LogP contribution is 2.54. The molecule has 2 saturated heterocycles. The molecule has 262 valence electrons. The Kier molecular flexibility index (Phi) is 10.2. The van der Waals surface area contributed by atoms with E-state index in [-0.39, 0.29) is 31.0 Å². The number of aromatic amines is 1. The molecule has 2 aliphatic heterocycles. The number of amides is 1. The summed E-state index contributed by atoms with van der Waals surface area (Å²) in [5.41, 5.74) is 0.671. The van der Waals surface area contributed by atoms with Gasteiger partial charge in [0.25, 0.3) is 11.5 Å². The molecule has 18 heteroatoms. The normalized spacial score (nSPS) is 23.5. The number of nitrogens with one attached hydrogen (secondary N) is 2. The van der Waals surface area contributed by atoms with E-state index < -0.39 is 37.5 Å². The van der Waals surface area contributed by atoms with Crippen molar-refractivity contribution in [1.82, 2.24) is 43.3 Å². The van der Waals surface area contributed by atoms with Gasteiger partial charge < -0.3 is 19.3 Å². The lowest BCUT2D eigenvalue weighted by molar-refractivity contribution is -0.128. The summed E-state index contributed by atoms with van der Waals surface area (Å²) in [5, 5.41) is 2.82. The second-order valence-electron chi connectivity index (χ2n) is 12.4. The number of imidazole rings is 1. The highest BCUT2D eigenvalue weighted by Gasteiger charge is 2.43. The van der Waals surface area contributed by atoms with E-state index in [0.29, 0.717) is 48.3 Å². The Bertz CT molecular complexity index is 1970. The number of nitrogens with zero attached hydrogens (tertiary/aromatic N) is 8. The van der Waals surface area contributed by atoms with Crippen molar-refractivity contribution in [2.24, 2.45) is 0 Å². The van der Waals surface area contributed by atoms with Crippen LogP contribution in [-0.4, -0.2) is 115 Å². The quantitative estimate of drug-likeness (QED) is 0.230. The van der Waals surface area contributed by atoms with Crippen molar-refractivity contribution in [1.29, 1.82) is 0 Å². The number of carbonyl (C=O) groups excluding carboxylic acids is 1. The van der Waals surface area contributed by atoms with Gasteiger partial charge in [-0.2, -0.15) is 0 Å². The summed E-state index contributed by atoms with van der Waals surface area (Å²) in [6.07, 6.45) is 2.91. The number of hydrogen-bond acceptors (Lipinski definition) is 11. The number of benzene rings is 1. The van der Waals surface area contributed by atoms with Crippen molar-refractivity contribution in [3.8, 4) is 0 Å². The molecule has 0 spiro atoms. The average Bonchev–Trinajstić information content (AvgIpc) is 3.54. The zero-order valence-corrected chi connectivity index (χ0v) is 28.9. The first-order chi connectivity index (χ1) is 23.5. The largest absolute Gasteiger partial charge is 0.352 e. The highest BCUT2D eigenvalue weighted by atomic mass is 31.2. The van der Waals surface area contributed by atoms with Gasteiger partial charge in [0.1, 0.15) is 12.6 Å². The van der Waals surface area contributed by atoms with Crippen LogP contribution in [-0.2, 0) is 18.6 Å². The number of anilines is 1. The first-order valence-corrected chi connectivity index (χ1v) is 17.5. The Morgan fingerprint density at radius 2 is 1.78 bits per heavy atom. The minimum Gasteiger partial charge on any atom is -0.352 e. The summed E-state index contributed by atoms with van der Waals surface area (Å²) in [6, 6.07) is 8.82. The Morgan fingerprint density at radius 3 is 2.51 bits per heavy atom. The van der Waals surface area contributed by atoms with E-state index >= 15 is 0 Å². The fourth-order valence-corrected chi connectivity index (χ4v) is 7.97. The van der Waals surface area contributed by atoms with E-state index in [9.17, 15) is 18.9 Å². The minimum absolute atomic E-state index is 0.00677. The van der Waals surface area contributed by atoms with Gasteiger partial charge in [-0.25, -0.2) is 29.1 Å². The first kappa shape index (κ1) is 34.8. The van der Waals surface area contributed by atoms with Crippen LogP contribution in [0.1, 0.15) is 41.7 Å². The molecule has 0 radical (unpaired) electrons. The molecular weight excluding hydrogens is 655 g/mol. The van der Waals surface area contributed by atoms with Crippen LogP contribution in [0.25, 0.3) is 11.2 Å². The summed E-state index contributed by atoms with van der Waals surface area (Å²) < 4.78 is 40.0. The maximum atomic E-state index is 14.6. The molecule has 4 aromatic rings. The van der Waals surface area contributed by atoms with Crippen LogP contribution in [0, 0.1) is 6.92 Å². The zero-order chi connectivity index (χ0) is 34.9. The van der Waals surface area contributed by atoms with Crippen LogP contribution < -0.4 is 16.6 Å². The SMILES string of the molecule is CC[C@@H]1CN(P(=O)(OC[C@@H]2CN(C)CC(n3cnc4c(NC(=O)c5ccccc5)ncnc43)O2)N(C)C)CC(n2cc(C)c(=O)[nH]c2=O)O1. The van der Waals surface area contributed by atoms with E-state index in [1.807, 2.05) is 20.0 Å². The molecule has 17 nitrogen and oxygen atoms in total. The molecule has 2 fully saturated rings. The first-order valence-electron chi connectivity index (χ1n) is 16.0. The Morgan fingerprint density at radius 1 is 1.04 bits per heavy atom. The molecule has 2 aliphatic rings. The fourth-order valence-electron chi connectivity index (χ4n) is 5.98. The predicted molar refractivity (Wildman–Crippen MR) is 180 cm³/mol. The number of aryl methyl sites for hydroxylation is 1. The number of aromatic nitrogens is 6. The van der Waals surface area contributed by atoms with Gasteiger partial charge in [0.15, 0.2) is 23.2 Å². The van der Waals surface area contributed by atoms with E-state index in [1.54, 1.807) is 65.5 Å². The lowest BCUT2D eigenvalue weighted by Crippen LogP contribution is -2.49. The molecule has 0 bridgehead atoms. The third-order valence-electron chi connectivity index (χ3n) is 8.60. The summed E-state index contributed by atoms with van der Waals surface area (Å²) in [6.45, 7) is 5.00. The van der Waals surface area contributed by atoms with E-state index in [0.717, 1.165) is 0 Å². The third-order valence-corrected chi connectivity index (χ3v) is 11.1. The number of H-pyrrole nitrogens is 1. The second kappa shape index (κ2) is 14.4. The van der Waals surface area contributed by atoms with Gasteiger partial charge in [-0.15, -0.1) is 0 Å². The molecule has 1 aromatic carbocycles. The number of hydrogen-bond donors (Lipinski definition) is 2. The second-order valence-corrected chi connectivity index (χ2v) is 15.0. The Hall–Kier alpha value is -4.09. The fraction of sp³-hybridized carbons (Fsp3) is 0.484. The van der Waals surface area contributed by atoms with Crippen LogP contribution >= 0.6 is 7.67 Å². The number of likely N-dealkylation sites (N-methyl/N-ethyl adjacent to an activating group) is 1. The number of fused-ring (bicyclic) bond motifs is 1. The standard InChI is InChI=1S/C31H41N10O7P/c1-6-22-14-39(16-25(47-22)40-12-20(2)29(42)36-31(40)44)49(45,37(3)4)46-17-23-13-38(5)15-24(48-23)41-19-34-26-27(32-18-33-28(26)41)35-30(43)21-10-8-7-9-11-21/h7-12,18-19,22-25H,6,13-17H2,1-5H3,(H,36,42,44)(H,32,33,35,43)/t22-,23+,24?,25?,49?/m1/s1. The molecule has 1 amide bonds. The molecule has 2 N–H and O–H groups in total. The van der Waals surface area contributed by atoms with Crippen LogP contribution in [0.15, 0.2) is 58.8 Å². The summed E-state index contributed by atoms with van der Waals surface area (Å²) in [5.74, 6) is -0.0360. The number of rotatable bonds is 10. The summed E-state index contributed by atoms with van der Waals surface area (Å²) in [4.78, 5) is 55.1. The van der Waals surface area contributed by atoms with E-state index in [1.165, 1.54) is 17.1 Å². The number of carbonyl (C=O) groups is 1. The maximum Gasteiger partial charge on any atom is 0.345 e.